The molecule has 3 rings (SSSR count). The molecule has 0 bridgehead atoms. The van der Waals surface area contributed by atoms with Crippen LogP contribution in [0.15, 0.2) is 36.9 Å². The molecule has 1 aliphatic rings. The fourth-order valence-electron chi connectivity index (χ4n) is 2.25. The Labute approximate surface area is 122 Å². The van der Waals surface area contributed by atoms with E-state index in [1.165, 1.54) is 12.7 Å². The van der Waals surface area contributed by atoms with Crippen LogP contribution in [0.1, 0.15) is 0 Å². The second-order valence-electron chi connectivity index (χ2n) is 4.76. The van der Waals surface area contributed by atoms with E-state index in [-0.39, 0.29) is 12.7 Å². The van der Waals surface area contributed by atoms with Crippen LogP contribution in [-0.2, 0) is 4.74 Å². The lowest BCUT2D eigenvalue weighted by atomic mass is 10.2. The molecule has 1 aliphatic heterocycles. The number of anilines is 3. The molecular weight excluding hydrogens is 270 g/mol. The summed E-state index contributed by atoms with van der Waals surface area (Å²) in [6.07, 6.45) is 2.79. The van der Waals surface area contributed by atoms with Crippen LogP contribution in [0.2, 0.25) is 0 Å². The van der Waals surface area contributed by atoms with E-state index < -0.39 is 0 Å². The first-order valence-corrected chi connectivity index (χ1v) is 6.81. The number of benzene rings is 1. The summed E-state index contributed by atoms with van der Waals surface area (Å²) < 4.78 is 5.46. The van der Waals surface area contributed by atoms with Gasteiger partial charge in [0.05, 0.1) is 19.3 Å². The predicted molar refractivity (Wildman–Crippen MR) is 78.6 cm³/mol. The number of rotatable bonds is 4. The first-order valence-electron chi connectivity index (χ1n) is 6.81. The van der Waals surface area contributed by atoms with Gasteiger partial charge in [0.25, 0.3) is 0 Å². The van der Waals surface area contributed by atoms with Gasteiger partial charge in [0.2, 0.25) is 5.95 Å². The highest BCUT2D eigenvalue weighted by Gasteiger charge is 2.19. The zero-order chi connectivity index (χ0) is 14.5. The van der Waals surface area contributed by atoms with Crippen LogP contribution in [0, 0.1) is 0 Å². The van der Waals surface area contributed by atoms with Crippen LogP contribution in [0.3, 0.4) is 0 Å². The number of aromatic nitrogens is 3. The summed E-state index contributed by atoms with van der Waals surface area (Å²) in [7, 11) is 0. The summed E-state index contributed by atoms with van der Waals surface area (Å²) >= 11 is 0. The van der Waals surface area contributed by atoms with Crippen molar-refractivity contribution < 1.29 is 9.84 Å². The number of nitrogens with one attached hydrogen (secondary N) is 1. The number of morpholine rings is 1. The highest BCUT2D eigenvalue weighted by molar-refractivity contribution is 5.59. The Balaban J connectivity index is 1.66. The molecule has 21 heavy (non-hydrogen) atoms. The summed E-state index contributed by atoms with van der Waals surface area (Å²) in [4.78, 5) is 14.0. The second kappa shape index (κ2) is 6.47. The smallest absolute Gasteiger partial charge is 0.230 e. The number of hydrogen-bond acceptors (Lipinski definition) is 7. The zero-order valence-corrected chi connectivity index (χ0v) is 11.5. The topological polar surface area (TPSA) is 83.4 Å². The summed E-state index contributed by atoms with van der Waals surface area (Å²) in [5, 5.41) is 12.3. The molecule has 0 aliphatic carbocycles. The van der Waals surface area contributed by atoms with Crippen LogP contribution < -0.4 is 10.2 Å². The molecule has 7 heteroatoms. The lowest BCUT2D eigenvalue weighted by molar-refractivity contribution is 0.00357. The monoisotopic (exact) mass is 287 g/mol. The van der Waals surface area contributed by atoms with Crippen LogP contribution >= 0.6 is 0 Å². The molecule has 1 aromatic carbocycles. The van der Waals surface area contributed by atoms with Crippen molar-refractivity contribution in [2.24, 2.45) is 0 Å². The number of aliphatic hydroxyl groups excluding tert-OH is 1. The maximum atomic E-state index is 9.18. The maximum Gasteiger partial charge on any atom is 0.230 e. The van der Waals surface area contributed by atoms with Gasteiger partial charge in [-0.1, -0.05) is 0 Å². The van der Waals surface area contributed by atoms with E-state index in [0.717, 1.165) is 17.9 Å². The molecule has 1 saturated heterocycles. The minimum absolute atomic E-state index is 0.0511. The molecule has 1 aromatic heterocycles. The molecule has 110 valence electrons. The van der Waals surface area contributed by atoms with Crippen LogP contribution in [-0.4, -0.2) is 52.5 Å². The fraction of sp³-hybridized carbons (Fsp3) is 0.357. The minimum atomic E-state index is -0.109. The van der Waals surface area contributed by atoms with Crippen molar-refractivity contribution in [2.75, 3.05) is 36.5 Å². The van der Waals surface area contributed by atoms with E-state index in [2.05, 4.69) is 25.2 Å². The molecule has 7 nitrogen and oxygen atoms in total. The largest absolute Gasteiger partial charge is 0.394 e. The van der Waals surface area contributed by atoms with Crippen molar-refractivity contribution in [3.63, 3.8) is 0 Å². The molecule has 0 saturated carbocycles. The van der Waals surface area contributed by atoms with Gasteiger partial charge in [-0.05, 0) is 24.3 Å². The standard InChI is InChI=1S/C14H17N5O2/c20-8-13-7-19(5-6-21-13)12-3-1-11(2-4-12)18-14-16-9-15-10-17-14/h1-4,9-10,13,20H,5-8H2,(H,15,16,17,18)/t13-/m0/s1. The molecular formula is C14H17N5O2. The van der Waals surface area contributed by atoms with Crippen molar-refractivity contribution in [2.45, 2.75) is 6.10 Å². The SMILES string of the molecule is OC[C@@H]1CN(c2ccc(Nc3ncncn3)cc2)CCO1. The van der Waals surface area contributed by atoms with Gasteiger partial charge >= 0.3 is 0 Å². The number of hydrogen-bond donors (Lipinski definition) is 2. The Hall–Kier alpha value is -2.25. The Morgan fingerprint density at radius 3 is 2.71 bits per heavy atom. The fourth-order valence-corrected chi connectivity index (χ4v) is 2.25. The quantitative estimate of drug-likeness (QED) is 0.861. The van der Waals surface area contributed by atoms with E-state index in [9.17, 15) is 5.11 Å². The Morgan fingerprint density at radius 1 is 1.24 bits per heavy atom. The molecule has 2 N–H and O–H groups in total. The van der Waals surface area contributed by atoms with Crippen molar-refractivity contribution >= 4 is 17.3 Å². The van der Waals surface area contributed by atoms with E-state index in [0.29, 0.717) is 19.1 Å². The van der Waals surface area contributed by atoms with Gasteiger partial charge in [-0.25, -0.2) is 15.0 Å². The third-order valence-corrected chi connectivity index (χ3v) is 3.32. The molecule has 1 atom stereocenters. The van der Waals surface area contributed by atoms with Gasteiger partial charge in [0, 0.05) is 24.5 Å². The third kappa shape index (κ3) is 3.45. The second-order valence-corrected chi connectivity index (χ2v) is 4.76. The van der Waals surface area contributed by atoms with Crippen molar-refractivity contribution in [1.82, 2.24) is 15.0 Å². The summed E-state index contributed by atoms with van der Waals surface area (Å²) in [5.41, 5.74) is 2.02. The van der Waals surface area contributed by atoms with E-state index in [1.807, 2.05) is 24.3 Å². The Kier molecular flexibility index (Phi) is 4.23. The molecule has 2 heterocycles. The third-order valence-electron chi connectivity index (χ3n) is 3.32. The summed E-state index contributed by atoms with van der Waals surface area (Å²) in [5.74, 6) is 0.518. The molecule has 0 spiro atoms. The average Bonchev–Trinajstić information content (AvgIpc) is 2.56. The number of ether oxygens (including phenoxy) is 1. The lowest BCUT2D eigenvalue weighted by Crippen LogP contribution is -2.44. The molecule has 1 fully saturated rings. The van der Waals surface area contributed by atoms with E-state index in [1.54, 1.807) is 0 Å². The molecule has 0 unspecified atom stereocenters. The molecule has 0 radical (unpaired) electrons. The van der Waals surface area contributed by atoms with Crippen LogP contribution in [0.5, 0.6) is 0 Å². The van der Waals surface area contributed by atoms with Crippen LogP contribution in [0.25, 0.3) is 0 Å². The van der Waals surface area contributed by atoms with Crippen LogP contribution in [0.4, 0.5) is 17.3 Å². The van der Waals surface area contributed by atoms with Crippen molar-refractivity contribution in [3.8, 4) is 0 Å². The molecule has 2 aromatic rings. The van der Waals surface area contributed by atoms with E-state index >= 15 is 0 Å². The van der Waals surface area contributed by atoms with Gasteiger partial charge in [0.15, 0.2) is 0 Å². The zero-order valence-electron chi connectivity index (χ0n) is 11.5. The van der Waals surface area contributed by atoms with Gasteiger partial charge in [-0.15, -0.1) is 0 Å². The van der Waals surface area contributed by atoms with Crippen molar-refractivity contribution in [1.29, 1.82) is 0 Å². The normalized spacial score (nSPS) is 18.5. The molecule has 0 amide bonds. The van der Waals surface area contributed by atoms with Gasteiger partial charge in [-0.2, -0.15) is 0 Å². The first kappa shape index (κ1) is 13.7. The Morgan fingerprint density at radius 2 is 2.00 bits per heavy atom. The van der Waals surface area contributed by atoms with Gasteiger partial charge in [-0.3, -0.25) is 0 Å². The van der Waals surface area contributed by atoms with E-state index in [4.69, 9.17) is 4.74 Å². The maximum absolute atomic E-state index is 9.18. The highest BCUT2D eigenvalue weighted by Crippen LogP contribution is 2.21. The average molecular weight is 287 g/mol. The van der Waals surface area contributed by atoms with Gasteiger partial charge < -0.3 is 20.1 Å². The number of aliphatic hydroxyl groups is 1. The van der Waals surface area contributed by atoms with Gasteiger partial charge in [0.1, 0.15) is 12.7 Å². The summed E-state index contributed by atoms with van der Waals surface area (Å²) in [6, 6.07) is 8.01. The highest BCUT2D eigenvalue weighted by atomic mass is 16.5. The number of nitrogens with zero attached hydrogens (tertiary/aromatic N) is 4. The Bertz CT molecular complexity index is 563. The minimum Gasteiger partial charge on any atom is -0.394 e. The lowest BCUT2D eigenvalue weighted by Gasteiger charge is -2.33. The van der Waals surface area contributed by atoms with Crippen molar-refractivity contribution in [3.05, 3.63) is 36.9 Å². The predicted octanol–water partition coefficient (Wildman–Crippen LogP) is 0.813. The summed E-state index contributed by atoms with van der Waals surface area (Å²) in [6.45, 7) is 2.22. The first-order chi connectivity index (χ1) is 10.3.